The van der Waals surface area contributed by atoms with Gasteiger partial charge in [0.05, 0.1) is 38.8 Å². The second kappa shape index (κ2) is 4.94. The molecule has 1 saturated heterocycles. The first-order valence-electron chi connectivity index (χ1n) is 5.73. The monoisotopic (exact) mass is 254 g/mol. The summed E-state index contributed by atoms with van der Waals surface area (Å²) in [6.07, 6.45) is 0. The van der Waals surface area contributed by atoms with Gasteiger partial charge in [0.1, 0.15) is 0 Å². The zero-order chi connectivity index (χ0) is 12.4. The maximum Gasteiger partial charge on any atom is 0.256 e. The van der Waals surface area contributed by atoms with E-state index in [-0.39, 0.29) is 5.91 Å². The lowest BCUT2D eigenvalue weighted by atomic mass is 10.1. The van der Waals surface area contributed by atoms with Crippen molar-refractivity contribution in [3.63, 3.8) is 0 Å². The molecular weight excluding hydrogens is 238 g/mol. The number of carbonyl (C=O) groups is 1. The van der Waals surface area contributed by atoms with Gasteiger partial charge in [-0.1, -0.05) is 11.6 Å². The van der Waals surface area contributed by atoms with E-state index >= 15 is 0 Å². The Morgan fingerprint density at radius 2 is 2.06 bits per heavy atom. The highest BCUT2D eigenvalue weighted by atomic mass is 35.5. The van der Waals surface area contributed by atoms with Gasteiger partial charge in [-0.25, -0.2) is 0 Å². The van der Waals surface area contributed by atoms with E-state index < -0.39 is 0 Å². The molecule has 0 saturated carbocycles. The van der Waals surface area contributed by atoms with Crippen LogP contribution in [0.25, 0.3) is 0 Å². The fourth-order valence-corrected chi connectivity index (χ4v) is 2.15. The molecule has 1 fully saturated rings. The number of rotatable bonds is 1. The number of hydrogen-bond donors (Lipinski definition) is 2. The third-order valence-corrected chi connectivity index (χ3v) is 3.39. The number of benzene rings is 1. The van der Waals surface area contributed by atoms with Crippen molar-refractivity contribution >= 4 is 23.2 Å². The number of amides is 1. The Bertz CT molecular complexity index is 428. The standard InChI is InChI=1S/C12H16ClN3O/c1-15-4-6-16(7-5-15)12(17)10-8-9(13)2-3-11(10)14/h2-3,8H,4-7,14H2,1H3/p+1. The molecule has 1 aromatic carbocycles. The molecule has 0 bridgehead atoms. The predicted molar refractivity (Wildman–Crippen MR) is 68.4 cm³/mol. The van der Waals surface area contributed by atoms with Gasteiger partial charge in [-0.15, -0.1) is 0 Å². The molecule has 5 heteroatoms. The minimum Gasteiger partial charge on any atom is -0.398 e. The maximum atomic E-state index is 12.3. The van der Waals surface area contributed by atoms with Gasteiger partial charge in [0, 0.05) is 10.7 Å². The summed E-state index contributed by atoms with van der Waals surface area (Å²) >= 11 is 5.89. The number of anilines is 1. The van der Waals surface area contributed by atoms with Gasteiger partial charge in [0.15, 0.2) is 0 Å². The van der Waals surface area contributed by atoms with Crippen molar-refractivity contribution in [2.24, 2.45) is 0 Å². The van der Waals surface area contributed by atoms with E-state index in [1.807, 2.05) is 4.90 Å². The number of quaternary nitrogens is 1. The van der Waals surface area contributed by atoms with Crippen LogP contribution in [0.3, 0.4) is 0 Å². The topological polar surface area (TPSA) is 50.8 Å². The Morgan fingerprint density at radius 3 is 2.71 bits per heavy atom. The number of halogens is 1. The number of carbonyl (C=O) groups excluding carboxylic acids is 1. The van der Waals surface area contributed by atoms with Gasteiger partial charge < -0.3 is 15.5 Å². The smallest absolute Gasteiger partial charge is 0.256 e. The maximum absolute atomic E-state index is 12.3. The largest absolute Gasteiger partial charge is 0.398 e. The van der Waals surface area contributed by atoms with Crippen LogP contribution in [0.5, 0.6) is 0 Å². The zero-order valence-corrected chi connectivity index (χ0v) is 10.6. The van der Waals surface area contributed by atoms with E-state index in [0.29, 0.717) is 16.3 Å². The number of likely N-dealkylation sites (N-methyl/N-ethyl adjacent to an activating group) is 1. The van der Waals surface area contributed by atoms with E-state index in [2.05, 4.69) is 7.05 Å². The van der Waals surface area contributed by atoms with Crippen LogP contribution in [0.4, 0.5) is 5.69 Å². The first-order valence-corrected chi connectivity index (χ1v) is 6.11. The van der Waals surface area contributed by atoms with Gasteiger partial charge in [0.2, 0.25) is 0 Å². The summed E-state index contributed by atoms with van der Waals surface area (Å²) in [6.45, 7) is 3.51. The van der Waals surface area contributed by atoms with Crippen LogP contribution in [0.2, 0.25) is 5.02 Å². The van der Waals surface area contributed by atoms with Crippen molar-refractivity contribution in [1.82, 2.24) is 4.90 Å². The average molecular weight is 255 g/mol. The third kappa shape index (κ3) is 2.70. The second-order valence-corrected chi connectivity index (χ2v) is 4.92. The summed E-state index contributed by atoms with van der Waals surface area (Å²) in [5.41, 5.74) is 6.82. The molecule has 17 heavy (non-hydrogen) atoms. The van der Waals surface area contributed by atoms with Crippen molar-refractivity contribution in [2.45, 2.75) is 0 Å². The van der Waals surface area contributed by atoms with Gasteiger partial charge in [0.25, 0.3) is 5.91 Å². The zero-order valence-electron chi connectivity index (χ0n) is 9.87. The Labute approximate surface area is 106 Å². The average Bonchev–Trinajstić information content (AvgIpc) is 2.32. The molecule has 1 aliphatic heterocycles. The fourth-order valence-electron chi connectivity index (χ4n) is 1.98. The molecule has 1 aliphatic rings. The summed E-state index contributed by atoms with van der Waals surface area (Å²) in [5.74, 6) is -0.0162. The highest BCUT2D eigenvalue weighted by molar-refractivity contribution is 6.31. The summed E-state index contributed by atoms with van der Waals surface area (Å²) in [7, 11) is 2.13. The summed E-state index contributed by atoms with van der Waals surface area (Å²) < 4.78 is 0. The van der Waals surface area contributed by atoms with E-state index in [1.165, 1.54) is 4.90 Å². The van der Waals surface area contributed by atoms with Crippen LogP contribution in [-0.4, -0.2) is 44.0 Å². The lowest BCUT2D eigenvalue weighted by molar-refractivity contribution is -0.883. The lowest BCUT2D eigenvalue weighted by Gasteiger charge is -2.30. The van der Waals surface area contributed by atoms with E-state index in [4.69, 9.17) is 17.3 Å². The van der Waals surface area contributed by atoms with Crippen LogP contribution >= 0.6 is 11.6 Å². The quantitative estimate of drug-likeness (QED) is 0.688. The van der Waals surface area contributed by atoms with Crippen LogP contribution in [0.1, 0.15) is 10.4 Å². The van der Waals surface area contributed by atoms with Crippen LogP contribution in [0, 0.1) is 0 Å². The van der Waals surface area contributed by atoms with E-state index in [0.717, 1.165) is 26.2 Å². The summed E-state index contributed by atoms with van der Waals surface area (Å²) in [4.78, 5) is 15.6. The summed E-state index contributed by atoms with van der Waals surface area (Å²) in [6, 6.07) is 5.02. The van der Waals surface area contributed by atoms with E-state index in [1.54, 1.807) is 18.2 Å². The Kier molecular flexibility index (Phi) is 3.54. The molecule has 0 spiro atoms. The molecule has 0 aromatic heterocycles. The molecule has 0 radical (unpaired) electrons. The fraction of sp³-hybridized carbons (Fsp3) is 0.417. The normalized spacial score (nSPS) is 17.2. The van der Waals surface area contributed by atoms with Crippen molar-refractivity contribution in [3.05, 3.63) is 28.8 Å². The molecule has 1 amide bonds. The minimum atomic E-state index is -0.0162. The Hall–Kier alpha value is -1.26. The number of nitrogens with zero attached hydrogens (tertiary/aromatic N) is 1. The van der Waals surface area contributed by atoms with Crippen molar-refractivity contribution in [1.29, 1.82) is 0 Å². The molecule has 92 valence electrons. The Morgan fingerprint density at radius 1 is 1.41 bits per heavy atom. The number of nitrogen functional groups attached to an aromatic ring is 1. The lowest BCUT2D eigenvalue weighted by Crippen LogP contribution is -3.12. The third-order valence-electron chi connectivity index (χ3n) is 3.15. The van der Waals surface area contributed by atoms with Crippen LogP contribution in [0.15, 0.2) is 18.2 Å². The van der Waals surface area contributed by atoms with Crippen molar-refractivity contribution in [3.8, 4) is 0 Å². The van der Waals surface area contributed by atoms with Crippen molar-refractivity contribution in [2.75, 3.05) is 39.0 Å². The minimum absolute atomic E-state index is 0.0162. The SMILES string of the molecule is C[NH+]1CCN(C(=O)c2cc(Cl)ccc2N)CC1. The van der Waals surface area contributed by atoms with Crippen LogP contribution in [-0.2, 0) is 0 Å². The molecule has 3 N–H and O–H groups in total. The molecule has 1 heterocycles. The summed E-state index contributed by atoms with van der Waals surface area (Å²) in [5, 5.41) is 0.544. The van der Waals surface area contributed by atoms with Gasteiger partial charge in [-0.05, 0) is 18.2 Å². The number of nitrogens with one attached hydrogen (secondary N) is 1. The highest BCUT2D eigenvalue weighted by Crippen LogP contribution is 2.19. The Balaban J connectivity index is 2.16. The molecule has 1 aromatic rings. The van der Waals surface area contributed by atoms with Crippen LogP contribution < -0.4 is 10.6 Å². The van der Waals surface area contributed by atoms with Gasteiger partial charge in [-0.3, -0.25) is 4.79 Å². The second-order valence-electron chi connectivity index (χ2n) is 4.48. The van der Waals surface area contributed by atoms with Crippen molar-refractivity contribution < 1.29 is 9.69 Å². The number of hydrogen-bond acceptors (Lipinski definition) is 2. The van der Waals surface area contributed by atoms with Gasteiger partial charge >= 0.3 is 0 Å². The molecule has 2 rings (SSSR count). The number of nitrogens with two attached hydrogens (primary N) is 1. The first kappa shape index (κ1) is 12.2. The first-order chi connectivity index (χ1) is 8.08. The molecule has 4 nitrogen and oxygen atoms in total. The van der Waals surface area contributed by atoms with Gasteiger partial charge in [-0.2, -0.15) is 0 Å². The predicted octanol–water partition coefficient (Wildman–Crippen LogP) is -0.107. The highest BCUT2D eigenvalue weighted by Gasteiger charge is 2.23. The van der Waals surface area contributed by atoms with E-state index in [9.17, 15) is 4.79 Å². The molecular formula is C12H17ClN3O+. The molecule has 0 unspecified atom stereocenters. The molecule has 0 aliphatic carbocycles. The number of piperazine rings is 1. The molecule has 0 atom stereocenters.